The van der Waals surface area contributed by atoms with Crippen molar-refractivity contribution in [2.75, 3.05) is 19.5 Å². The molecule has 0 aliphatic rings. The maximum absolute atomic E-state index is 10.5. The number of hydrogen-bond donors (Lipinski definition) is 2. The van der Waals surface area contributed by atoms with E-state index in [1.165, 1.54) is 17.6 Å². The van der Waals surface area contributed by atoms with Crippen molar-refractivity contribution in [3.05, 3.63) is 23.8 Å². The fourth-order valence-corrected chi connectivity index (χ4v) is 3.09. The summed E-state index contributed by atoms with van der Waals surface area (Å²) in [4.78, 5) is 11.6. The molecule has 0 fully saturated rings. The van der Waals surface area contributed by atoms with Crippen LogP contribution in [-0.2, 0) is 14.4 Å². The van der Waals surface area contributed by atoms with Crippen LogP contribution < -0.4 is 5.32 Å². The topological polar surface area (TPSA) is 58.6 Å². The molecule has 0 amide bonds. The summed E-state index contributed by atoms with van der Waals surface area (Å²) in [5.74, 6) is -0.707. The van der Waals surface area contributed by atoms with Gasteiger partial charge >= 0.3 is 5.97 Å². The third-order valence-corrected chi connectivity index (χ3v) is 4.47. The van der Waals surface area contributed by atoms with E-state index < -0.39 is 5.97 Å². The van der Waals surface area contributed by atoms with Crippen LogP contribution in [0.4, 0.5) is 5.69 Å². The normalized spacial score (nSPS) is 11.5. The number of carbonyl (C=O) groups is 1. The minimum atomic E-state index is -0.707. The van der Waals surface area contributed by atoms with Crippen molar-refractivity contribution in [3.63, 3.8) is 0 Å². The number of unbranched alkanes of at least 4 members (excludes halogenated alkanes) is 2. The molecule has 124 valence electrons. The van der Waals surface area contributed by atoms with Gasteiger partial charge in [0.25, 0.3) is 0 Å². The standard InChI is InChI=1S/C17H27NO3S/c1-17(2,11-7-5-6-8-16(19)20)14-12-13(22-21-4)9-10-15(14)18-3/h9-10,12,18H,5-8,11H2,1-4H3,(H,19,20). The lowest BCUT2D eigenvalue weighted by Crippen LogP contribution is -2.19. The fourth-order valence-electron chi connectivity index (χ4n) is 2.60. The number of hydrogen-bond acceptors (Lipinski definition) is 4. The molecule has 1 rings (SSSR count). The summed E-state index contributed by atoms with van der Waals surface area (Å²) < 4.78 is 5.15. The summed E-state index contributed by atoms with van der Waals surface area (Å²) in [7, 11) is 3.61. The number of benzene rings is 1. The number of anilines is 1. The Kier molecular flexibility index (Phi) is 7.76. The smallest absolute Gasteiger partial charge is 0.303 e. The van der Waals surface area contributed by atoms with Crippen LogP contribution in [0.25, 0.3) is 0 Å². The predicted octanol–water partition coefficient (Wildman–Crippen LogP) is 4.69. The van der Waals surface area contributed by atoms with E-state index in [1.807, 2.05) is 13.1 Å². The Morgan fingerprint density at radius 1 is 1.32 bits per heavy atom. The van der Waals surface area contributed by atoms with E-state index >= 15 is 0 Å². The molecule has 0 saturated heterocycles. The van der Waals surface area contributed by atoms with Gasteiger partial charge < -0.3 is 14.6 Å². The minimum absolute atomic E-state index is 0.0336. The van der Waals surface area contributed by atoms with Gasteiger partial charge in [-0.2, -0.15) is 0 Å². The second-order valence-corrected chi connectivity index (χ2v) is 7.02. The van der Waals surface area contributed by atoms with Gasteiger partial charge in [0.1, 0.15) is 0 Å². The first-order chi connectivity index (χ1) is 10.4. The zero-order valence-corrected chi connectivity index (χ0v) is 14.8. The third kappa shape index (κ3) is 5.89. The van der Waals surface area contributed by atoms with Crippen LogP contribution in [0, 0.1) is 0 Å². The summed E-state index contributed by atoms with van der Waals surface area (Å²) >= 11 is 1.37. The van der Waals surface area contributed by atoms with Gasteiger partial charge in [-0.3, -0.25) is 4.79 Å². The highest BCUT2D eigenvalue weighted by Gasteiger charge is 2.23. The van der Waals surface area contributed by atoms with Gasteiger partial charge in [0.15, 0.2) is 0 Å². The average Bonchev–Trinajstić information content (AvgIpc) is 2.46. The Hall–Kier alpha value is -1.20. The largest absolute Gasteiger partial charge is 0.481 e. The van der Waals surface area contributed by atoms with Crippen LogP contribution in [0.2, 0.25) is 0 Å². The molecule has 0 radical (unpaired) electrons. The second-order valence-electron chi connectivity index (χ2n) is 6.05. The van der Waals surface area contributed by atoms with Crippen LogP contribution in [0.3, 0.4) is 0 Å². The Morgan fingerprint density at radius 3 is 2.64 bits per heavy atom. The molecule has 4 nitrogen and oxygen atoms in total. The first kappa shape index (κ1) is 18.8. The molecule has 0 bridgehead atoms. The van der Waals surface area contributed by atoms with Crippen molar-refractivity contribution in [3.8, 4) is 0 Å². The fraction of sp³-hybridized carbons (Fsp3) is 0.588. The van der Waals surface area contributed by atoms with Gasteiger partial charge in [-0.25, -0.2) is 0 Å². The maximum Gasteiger partial charge on any atom is 0.303 e. The Balaban J connectivity index is 2.73. The van der Waals surface area contributed by atoms with Gasteiger partial charge in [0.2, 0.25) is 0 Å². The van der Waals surface area contributed by atoms with E-state index in [0.717, 1.165) is 36.3 Å². The molecule has 0 aromatic heterocycles. The van der Waals surface area contributed by atoms with Crippen LogP contribution in [0.1, 0.15) is 51.5 Å². The van der Waals surface area contributed by atoms with E-state index in [1.54, 1.807) is 7.11 Å². The number of nitrogens with one attached hydrogen (secondary N) is 1. The molecule has 1 aromatic carbocycles. The number of carboxylic acid groups (broad SMARTS) is 1. The molecule has 0 heterocycles. The molecule has 22 heavy (non-hydrogen) atoms. The van der Waals surface area contributed by atoms with E-state index in [0.29, 0.717) is 0 Å². The van der Waals surface area contributed by atoms with E-state index in [9.17, 15) is 4.79 Å². The average molecular weight is 325 g/mol. The van der Waals surface area contributed by atoms with Crippen LogP contribution in [0.15, 0.2) is 23.1 Å². The SMILES string of the molecule is CNc1ccc(SOC)cc1C(C)(C)CCCCCC(=O)O. The monoisotopic (exact) mass is 325 g/mol. The summed E-state index contributed by atoms with van der Waals surface area (Å²) in [5, 5.41) is 11.9. The predicted molar refractivity (Wildman–Crippen MR) is 92.6 cm³/mol. The molecule has 0 unspecified atom stereocenters. The molecule has 0 saturated carbocycles. The molecular weight excluding hydrogens is 298 g/mol. The molecule has 0 atom stereocenters. The summed E-state index contributed by atoms with van der Waals surface area (Å²) in [5.41, 5.74) is 2.44. The zero-order chi connectivity index (χ0) is 16.6. The number of carboxylic acids is 1. The third-order valence-electron chi connectivity index (χ3n) is 3.86. The number of rotatable bonds is 10. The van der Waals surface area contributed by atoms with Crippen molar-refractivity contribution >= 4 is 23.7 Å². The lowest BCUT2D eigenvalue weighted by Gasteiger charge is -2.28. The summed E-state index contributed by atoms with van der Waals surface area (Å²) in [6.07, 6.45) is 4.04. The molecule has 1 aromatic rings. The Bertz CT molecular complexity index is 489. The highest BCUT2D eigenvalue weighted by molar-refractivity contribution is 7.94. The van der Waals surface area contributed by atoms with E-state index in [-0.39, 0.29) is 11.8 Å². The molecule has 5 heteroatoms. The molecule has 0 aliphatic carbocycles. The van der Waals surface area contributed by atoms with Crippen molar-refractivity contribution in [1.29, 1.82) is 0 Å². The van der Waals surface area contributed by atoms with E-state index in [2.05, 4.69) is 31.3 Å². The van der Waals surface area contributed by atoms with Gasteiger partial charge in [0, 0.05) is 36.1 Å². The second kappa shape index (κ2) is 9.06. The van der Waals surface area contributed by atoms with Crippen LogP contribution in [0.5, 0.6) is 0 Å². The Morgan fingerprint density at radius 2 is 2.05 bits per heavy atom. The molecule has 0 spiro atoms. The molecule has 0 aliphatic heterocycles. The quantitative estimate of drug-likeness (QED) is 0.482. The highest BCUT2D eigenvalue weighted by Crippen LogP contribution is 2.37. The summed E-state index contributed by atoms with van der Waals surface area (Å²) in [6.45, 7) is 4.48. The van der Waals surface area contributed by atoms with Crippen molar-refractivity contribution < 1.29 is 14.1 Å². The maximum atomic E-state index is 10.5. The van der Waals surface area contributed by atoms with Gasteiger partial charge in [-0.15, -0.1) is 0 Å². The van der Waals surface area contributed by atoms with Gasteiger partial charge in [-0.1, -0.05) is 26.7 Å². The number of aliphatic carboxylic acids is 1. The van der Waals surface area contributed by atoms with Crippen molar-refractivity contribution in [1.82, 2.24) is 0 Å². The van der Waals surface area contributed by atoms with Crippen molar-refractivity contribution in [2.24, 2.45) is 0 Å². The lowest BCUT2D eigenvalue weighted by atomic mass is 9.79. The summed E-state index contributed by atoms with van der Waals surface area (Å²) in [6, 6.07) is 6.31. The van der Waals surface area contributed by atoms with E-state index in [4.69, 9.17) is 9.29 Å². The minimum Gasteiger partial charge on any atom is -0.481 e. The van der Waals surface area contributed by atoms with Crippen LogP contribution in [-0.4, -0.2) is 25.2 Å². The lowest BCUT2D eigenvalue weighted by molar-refractivity contribution is -0.137. The highest BCUT2D eigenvalue weighted by atomic mass is 32.2. The first-order valence-electron chi connectivity index (χ1n) is 7.65. The van der Waals surface area contributed by atoms with Crippen molar-refractivity contribution in [2.45, 2.75) is 56.3 Å². The molecular formula is C17H27NO3S. The van der Waals surface area contributed by atoms with Crippen LogP contribution >= 0.6 is 12.0 Å². The Labute approximate surface area is 137 Å². The zero-order valence-electron chi connectivity index (χ0n) is 13.9. The van der Waals surface area contributed by atoms with Gasteiger partial charge in [0.05, 0.1) is 7.11 Å². The van der Waals surface area contributed by atoms with Gasteiger partial charge in [-0.05, 0) is 42.0 Å². The molecule has 2 N–H and O–H groups in total. The first-order valence-corrected chi connectivity index (χ1v) is 8.39.